The number of carbonyl (C=O) groups is 1. The Morgan fingerprint density at radius 2 is 2.17 bits per heavy atom. The van der Waals surface area contributed by atoms with Gasteiger partial charge in [-0.2, -0.15) is 0 Å². The van der Waals surface area contributed by atoms with Crippen LogP contribution in [0.3, 0.4) is 0 Å². The number of hydrogen-bond donors (Lipinski definition) is 1. The average molecular weight is 282 g/mol. The van der Waals surface area contributed by atoms with Crippen LogP contribution in [0.1, 0.15) is 10.4 Å². The fourth-order valence-electron chi connectivity index (χ4n) is 1.40. The molecule has 0 saturated heterocycles. The summed E-state index contributed by atoms with van der Waals surface area (Å²) in [5.41, 5.74) is 3.51. The molecule has 7 heteroatoms. The van der Waals surface area contributed by atoms with Gasteiger partial charge in [-0.05, 0) is 12.1 Å². The lowest BCUT2D eigenvalue weighted by molar-refractivity contribution is 0.0981. The second kappa shape index (κ2) is 4.87. The van der Waals surface area contributed by atoms with Crippen molar-refractivity contribution in [2.75, 3.05) is 6.26 Å². The van der Waals surface area contributed by atoms with E-state index in [1.165, 1.54) is 11.3 Å². The number of rotatable bonds is 3. The molecule has 2 aromatic rings. The third-order valence-electron chi connectivity index (χ3n) is 2.13. The molecule has 0 spiro atoms. The molecule has 1 amide bonds. The van der Waals surface area contributed by atoms with Crippen molar-refractivity contribution >= 4 is 27.3 Å². The Morgan fingerprint density at radius 1 is 1.39 bits per heavy atom. The van der Waals surface area contributed by atoms with Crippen molar-refractivity contribution in [3.05, 3.63) is 40.7 Å². The lowest BCUT2D eigenvalue weighted by atomic mass is 10.1. The third-order valence-corrected chi connectivity index (χ3v) is 3.27. The van der Waals surface area contributed by atoms with Gasteiger partial charge in [0.1, 0.15) is 0 Å². The number of sulfonamides is 1. The molecule has 0 aliphatic rings. The summed E-state index contributed by atoms with van der Waals surface area (Å²) in [6.45, 7) is 0. The fraction of sp³-hybridized carbons (Fsp3) is 0.0909. The van der Waals surface area contributed by atoms with Crippen LogP contribution in [0.4, 0.5) is 0 Å². The van der Waals surface area contributed by atoms with Gasteiger partial charge in [0.05, 0.1) is 17.5 Å². The summed E-state index contributed by atoms with van der Waals surface area (Å²) in [4.78, 5) is 15.8. The quantitative estimate of drug-likeness (QED) is 0.925. The van der Waals surface area contributed by atoms with Gasteiger partial charge in [-0.15, -0.1) is 11.3 Å². The van der Waals surface area contributed by atoms with E-state index in [2.05, 4.69) is 4.98 Å². The van der Waals surface area contributed by atoms with Crippen LogP contribution in [-0.2, 0) is 10.0 Å². The summed E-state index contributed by atoms with van der Waals surface area (Å²) in [7, 11) is -3.55. The molecular formula is C11H10N2O3S2. The van der Waals surface area contributed by atoms with Gasteiger partial charge in [0, 0.05) is 16.5 Å². The number of nitrogens with zero attached hydrogens (tertiary/aromatic N) is 1. The van der Waals surface area contributed by atoms with Crippen LogP contribution in [0.25, 0.3) is 11.3 Å². The Bertz CT molecular complexity index is 663. The van der Waals surface area contributed by atoms with Gasteiger partial charge in [0.25, 0.3) is 5.91 Å². The molecular weight excluding hydrogens is 272 g/mol. The molecule has 0 fully saturated rings. The van der Waals surface area contributed by atoms with Gasteiger partial charge in [-0.25, -0.2) is 18.1 Å². The Kier molecular flexibility index (Phi) is 3.44. The van der Waals surface area contributed by atoms with Crippen molar-refractivity contribution in [2.45, 2.75) is 0 Å². The largest absolute Gasteiger partial charge is 0.268 e. The van der Waals surface area contributed by atoms with Crippen LogP contribution in [0, 0.1) is 0 Å². The summed E-state index contributed by atoms with van der Waals surface area (Å²) in [5, 5.41) is 1.85. The molecule has 0 unspecified atom stereocenters. The van der Waals surface area contributed by atoms with Crippen LogP contribution in [0.2, 0.25) is 0 Å². The van der Waals surface area contributed by atoms with Crippen LogP contribution in [0.5, 0.6) is 0 Å². The van der Waals surface area contributed by atoms with Gasteiger partial charge in [-0.1, -0.05) is 12.1 Å². The van der Waals surface area contributed by atoms with Crippen molar-refractivity contribution in [2.24, 2.45) is 0 Å². The van der Waals surface area contributed by atoms with E-state index in [1.807, 2.05) is 16.2 Å². The molecule has 18 heavy (non-hydrogen) atoms. The highest BCUT2D eigenvalue weighted by Gasteiger charge is 2.12. The van der Waals surface area contributed by atoms with Gasteiger partial charge < -0.3 is 0 Å². The van der Waals surface area contributed by atoms with Crippen LogP contribution >= 0.6 is 11.3 Å². The average Bonchev–Trinajstić information content (AvgIpc) is 2.80. The summed E-state index contributed by atoms with van der Waals surface area (Å²) in [6.07, 6.45) is 0.940. The molecule has 0 saturated carbocycles. The van der Waals surface area contributed by atoms with E-state index in [1.54, 1.807) is 23.7 Å². The van der Waals surface area contributed by atoms with Gasteiger partial charge in [0.2, 0.25) is 10.0 Å². The number of benzene rings is 1. The molecule has 0 aliphatic carbocycles. The zero-order chi connectivity index (χ0) is 13.2. The van der Waals surface area contributed by atoms with Crippen LogP contribution < -0.4 is 4.72 Å². The highest BCUT2D eigenvalue weighted by molar-refractivity contribution is 7.89. The van der Waals surface area contributed by atoms with E-state index >= 15 is 0 Å². The molecule has 1 aromatic heterocycles. The highest BCUT2D eigenvalue weighted by atomic mass is 32.2. The lowest BCUT2D eigenvalue weighted by Gasteiger charge is -2.04. The standard InChI is InChI=1S/C11H10N2O3S2/c1-18(15,16)13-11(14)9-4-2-3-8(5-9)10-6-17-7-12-10/h2-7H,1H3,(H,13,14). The maximum absolute atomic E-state index is 11.7. The minimum Gasteiger partial charge on any atom is -0.268 e. The van der Waals surface area contributed by atoms with Gasteiger partial charge in [0.15, 0.2) is 0 Å². The van der Waals surface area contributed by atoms with Gasteiger partial charge in [-0.3, -0.25) is 4.79 Å². The molecule has 0 bridgehead atoms. The maximum Gasteiger partial charge on any atom is 0.264 e. The summed E-state index contributed by atoms with van der Waals surface area (Å²) < 4.78 is 23.9. The minimum absolute atomic E-state index is 0.283. The first kappa shape index (κ1) is 12.7. The summed E-state index contributed by atoms with van der Waals surface area (Å²) >= 11 is 1.45. The van der Waals surface area contributed by atoms with E-state index < -0.39 is 15.9 Å². The van der Waals surface area contributed by atoms with E-state index in [0.717, 1.165) is 17.5 Å². The highest BCUT2D eigenvalue weighted by Crippen LogP contribution is 2.20. The Morgan fingerprint density at radius 3 is 2.78 bits per heavy atom. The Labute approximate surface area is 109 Å². The number of amides is 1. The van der Waals surface area contributed by atoms with Crippen molar-refractivity contribution in [1.82, 2.24) is 9.71 Å². The summed E-state index contributed by atoms with van der Waals surface area (Å²) in [6, 6.07) is 6.66. The minimum atomic E-state index is -3.55. The molecule has 0 radical (unpaired) electrons. The molecule has 1 N–H and O–H groups in total. The zero-order valence-electron chi connectivity index (χ0n) is 9.45. The first-order valence-corrected chi connectivity index (χ1v) is 7.80. The van der Waals surface area contributed by atoms with Crippen molar-refractivity contribution in [1.29, 1.82) is 0 Å². The fourth-order valence-corrected chi connectivity index (χ4v) is 2.42. The number of aromatic nitrogens is 1. The second-order valence-electron chi connectivity index (χ2n) is 3.66. The molecule has 0 atom stereocenters. The topological polar surface area (TPSA) is 76.1 Å². The monoisotopic (exact) mass is 282 g/mol. The first-order chi connectivity index (χ1) is 8.46. The van der Waals surface area contributed by atoms with E-state index in [0.29, 0.717) is 0 Å². The van der Waals surface area contributed by atoms with E-state index in [4.69, 9.17) is 0 Å². The molecule has 94 valence electrons. The Balaban J connectivity index is 2.31. The number of thiazole rings is 1. The molecule has 5 nitrogen and oxygen atoms in total. The van der Waals surface area contributed by atoms with Crippen molar-refractivity contribution < 1.29 is 13.2 Å². The number of nitrogens with one attached hydrogen (secondary N) is 1. The lowest BCUT2D eigenvalue weighted by Crippen LogP contribution is -2.29. The SMILES string of the molecule is CS(=O)(=O)NC(=O)c1cccc(-c2cscn2)c1. The van der Waals surface area contributed by atoms with Crippen LogP contribution in [-0.4, -0.2) is 25.6 Å². The van der Waals surface area contributed by atoms with Crippen molar-refractivity contribution in [3.8, 4) is 11.3 Å². The molecule has 2 rings (SSSR count). The van der Waals surface area contributed by atoms with Crippen LogP contribution in [0.15, 0.2) is 35.2 Å². The predicted octanol–water partition coefficient (Wildman–Crippen LogP) is 1.50. The number of hydrogen-bond acceptors (Lipinski definition) is 5. The maximum atomic E-state index is 11.7. The smallest absolute Gasteiger partial charge is 0.264 e. The normalized spacial score (nSPS) is 11.2. The molecule has 0 aliphatic heterocycles. The Hall–Kier alpha value is -1.73. The molecule has 1 aromatic carbocycles. The molecule has 1 heterocycles. The second-order valence-corrected chi connectivity index (χ2v) is 6.12. The first-order valence-electron chi connectivity index (χ1n) is 4.96. The predicted molar refractivity (Wildman–Crippen MR) is 69.9 cm³/mol. The summed E-state index contributed by atoms with van der Waals surface area (Å²) in [5.74, 6) is -0.644. The van der Waals surface area contributed by atoms with E-state index in [9.17, 15) is 13.2 Å². The van der Waals surface area contributed by atoms with Gasteiger partial charge >= 0.3 is 0 Å². The third kappa shape index (κ3) is 3.14. The zero-order valence-corrected chi connectivity index (χ0v) is 11.1. The van der Waals surface area contributed by atoms with E-state index in [-0.39, 0.29) is 5.56 Å². The van der Waals surface area contributed by atoms with Crippen molar-refractivity contribution in [3.63, 3.8) is 0 Å². The number of carbonyl (C=O) groups excluding carboxylic acids is 1.